The summed E-state index contributed by atoms with van der Waals surface area (Å²) in [4.78, 5) is 18.7. The predicted molar refractivity (Wildman–Crippen MR) is 171 cm³/mol. The second-order valence-electron chi connectivity index (χ2n) is 10.1. The van der Waals surface area contributed by atoms with Gasteiger partial charge in [-0.3, -0.25) is 4.79 Å². The van der Waals surface area contributed by atoms with Gasteiger partial charge in [-0.1, -0.05) is 88.2 Å². The molecule has 2 heterocycles. The Morgan fingerprint density at radius 3 is 2.60 bits per heavy atom. The highest BCUT2D eigenvalue weighted by molar-refractivity contribution is 9.10. The lowest BCUT2D eigenvalue weighted by molar-refractivity contribution is 0.306. The van der Waals surface area contributed by atoms with E-state index in [1.165, 1.54) is 10.2 Å². The first-order valence-corrected chi connectivity index (χ1v) is 14.3. The fourth-order valence-corrected chi connectivity index (χ4v) is 5.51. The average molecular weight is 614 g/mol. The molecule has 0 saturated heterocycles. The Morgan fingerprint density at radius 2 is 1.71 bits per heavy atom. The molecule has 0 aliphatic heterocycles. The summed E-state index contributed by atoms with van der Waals surface area (Å²) in [5.74, 6) is 1.41. The number of ether oxygens (including phenoxy) is 1. The molecule has 7 rings (SSSR count). The normalized spacial score (nSPS) is 11.7. The van der Waals surface area contributed by atoms with Gasteiger partial charge in [-0.2, -0.15) is 9.78 Å². The molecule has 5 aromatic carbocycles. The number of fused-ring (bicyclic) bond motifs is 3. The number of furan rings is 1. The molecule has 6 nitrogen and oxygen atoms in total. The maximum atomic E-state index is 13.8. The fourth-order valence-electron chi connectivity index (χ4n) is 5.13. The third-order valence-electron chi connectivity index (χ3n) is 7.16. The Labute approximate surface area is 249 Å². The Balaban J connectivity index is 1.38. The molecule has 0 fully saturated rings. The summed E-state index contributed by atoms with van der Waals surface area (Å²) < 4.78 is 14.7. The van der Waals surface area contributed by atoms with E-state index < -0.39 is 0 Å². The van der Waals surface area contributed by atoms with Crippen LogP contribution in [0.4, 0.5) is 0 Å². The minimum Gasteiger partial charge on any atom is -0.488 e. The number of hydrogen-bond acceptors (Lipinski definition) is 5. The van der Waals surface area contributed by atoms with E-state index in [9.17, 15) is 4.79 Å². The summed E-state index contributed by atoms with van der Waals surface area (Å²) in [6.45, 7) is 2.46. The van der Waals surface area contributed by atoms with Gasteiger partial charge in [0.05, 0.1) is 17.1 Å². The van der Waals surface area contributed by atoms with Gasteiger partial charge in [0.2, 0.25) is 5.82 Å². The maximum Gasteiger partial charge on any atom is 0.282 e. The number of para-hydroxylation sites is 1. The first-order chi connectivity index (χ1) is 20.5. The van der Waals surface area contributed by atoms with Gasteiger partial charge in [-0.05, 0) is 65.7 Å². The monoisotopic (exact) mass is 613 g/mol. The van der Waals surface area contributed by atoms with E-state index >= 15 is 0 Å². The van der Waals surface area contributed by atoms with Crippen LogP contribution in [0.3, 0.4) is 0 Å². The van der Waals surface area contributed by atoms with Crippen LogP contribution in [0, 0.1) is 6.92 Å². The molecule has 0 aliphatic rings. The lowest BCUT2D eigenvalue weighted by Gasteiger charge is -2.13. The first-order valence-electron chi connectivity index (χ1n) is 13.5. The maximum absolute atomic E-state index is 13.8. The van der Waals surface area contributed by atoms with Crippen LogP contribution in [0.15, 0.2) is 128 Å². The molecule has 0 radical (unpaired) electrons. The van der Waals surface area contributed by atoms with Gasteiger partial charge in [-0.15, -0.1) is 0 Å². The largest absolute Gasteiger partial charge is 0.488 e. The molecule has 42 heavy (non-hydrogen) atoms. The van der Waals surface area contributed by atoms with Crippen LogP contribution in [-0.4, -0.2) is 15.9 Å². The number of hydrogen-bond donors (Lipinski definition) is 0. The van der Waals surface area contributed by atoms with Crippen LogP contribution in [-0.2, 0) is 6.61 Å². The Kier molecular flexibility index (Phi) is 6.64. The molecule has 7 heteroatoms. The minimum atomic E-state index is -0.295. The average Bonchev–Trinajstić information content (AvgIpc) is 3.43. The zero-order valence-corrected chi connectivity index (χ0v) is 24.2. The SMILES string of the molecule is Cc1cccc(COc2ccc3ccccc3c2C=Nn2c(-c3cc4cc(Br)ccc4o3)nc3ccccc3c2=O)c1. The van der Waals surface area contributed by atoms with Crippen LogP contribution in [0.2, 0.25) is 0 Å². The van der Waals surface area contributed by atoms with Gasteiger partial charge in [-0.25, -0.2) is 4.98 Å². The number of rotatable bonds is 6. The number of nitrogens with zero attached hydrogens (tertiary/aromatic N) is 3. The second kappa shape index (κ2) is 10.8. The van der Waals surface area contributed by atoms with E-state index in [-0.39, 0.29) is 5.56 Å². The Hall–Kier alpha value is -5.01. The Bertz CT molecular complexity index is 2210. The minimum absolute atomic E-state index is 0.295. The van der Waals surface area contributed by atoms with Crippen LogP contribution in [0.25, 0.3) is 44.2 Å². The molecular weight excluding hydrogens is 590 g/mol. The van der Waals surface area contributed by atoms with E-state index in [0.717, 1.165) is 31.8 Å². The van der Waals surface area contributed by atoms with Crippen molar-refractivity contribution in [1.29, 1.82) is 0 Å². The molecule has 0 bridgehead atoms. The van der Waals surface area contributed by atoms with Gasteiger partial charge in [0.1, 0.15) is 17.9 Å². The van der Waals surface area contributed by atoms with Crippen LogP contribution in [0.1, 0.15) is 16.7 Å². The molecule has 0 atom stereocenters. The molecule has 0 N–H and O–H groups in total. The lowest BCUT2D eigenvalue weighted by atomic mass is 10.0. The van der Waals surface area contributed by atoms with Crippen LogP contribution < -0.4 is 10.3 Å². The molecule has 2 aromatic heterocycles. The van der Waals surface area contributed by atoms with Crippen molar-refractivity contribution >= 4 is 54.8 Å². The van der Waals surface area contributed by atoms with Gasteiger partial charge in [0.15, 0.2) is 5.76 Å². The first kappa shape index (κ1) is 25.9. The molecule has 0 amide bonds. The predicted octanol–water partition coefficient (Wildman–Crippen LogP) is 8.50. The van der Waals surface area contributed by atoms with Crippen molar-refractivity contribution in [2.75, 3.05) is 0 Å². The molecule has 0 aliphatic carbocycles. The Morgan fingerprint density at radius 1 is 0.881 bits per heavy atom. The van der Waals surface area contributed by atoms with Crippen molar-refractivity contribution < 1.29 is 9.15 Å². The second-order valence-corrected chi connectivity index (χ2v) is 11.0. The van der Waals surface area contributed by atoms with Gasteiger partial charge < -0.3 is 9.15 Å². The summed E-state index contributed by atoms with van der Waals surface area (Å²) in [7, 11) is 0. The van der Waals surface area contributed by atoms with Crippen molar-refractivity contribution in [2.45, 2.75) is 13.5 Å². The standard InChI is InChI=1S/C35H24BrN3O3/c1-22-7-6-8-23(17-22)21-41-32-15-13-24-9-2-3-10-27(24)29(32)20-37-39-34(38-30-12-5-4-11-28(30)35(39)40)33-19-25-18-26(36)14-16-31(25)42-33/h2-20H,21H2,1H3. The lowest BCUT2D eigenvalue weighted by Crippen LogP contribution is -2.20. The van der Waals surface area contributed by atoms with Crippen LogP contribution >= 0.6 is 15.9 Å². The highest BCUT2D eigenvalue weighted by Crippen LogP contribution is 2.30. The molecule has 0 spiro atoms. The highest BCUT2D eigenvalue weighted by Gasteiger charge is 2.17. The van der Waals surface area contributed by atoms with Gasteiger partial charge >= 0.3 is 0 Å². The van der Waals surface area contributed by atoms with E-state index in [2.05, 4.69) is 35.0 Å². The van der Waals surface area contributed by atoms with E-state index in [1.807, 2.05) is 91.0 Å². The summed E-state index contributed by atoms with van der Waals surface area (Å²) in [6.07, 6.45) is 1.68. The summed E-state index contributed by atoms with van der Waals surface area (Å²) in [5.41, 5.74) is 3.96. The third-order valence-corrected chi connectivity index (χ3v) is 7.66. The van der Waals surface area contributed by atoms with Crippen molar-refractivity contribution in [1.82, 2.24) is 9.66 Å². The summed E-state index contributed by atoms with van der Waals surface area (Å²) in [5, 5.41) is 8.08. The molecular formula is C35H24BrN3O3. The molecule has 7 aromatic rings. The van der Waals surface area contributed by atoms with Crippen molar-refractivity contribution in [3.63, 3.8) is 0 Å². The fraction of sp³-hybridized carbons (Fsp3) is 0.0571. The number of aromatic nitrogens is 2. The quantitative estimate of drug-likeness (QED) is 0.176. The summed E-state index contributed by atoms with van der Waals surface area (Å²) in [6, 6.07) is 35.1. The van der Waals surface area contributed by atoms with Gasteiger partial charge in [0.25, 0.3) is 5.56 Å². The topological polar surface area (TPSA) is 69.6 Å². The molecule has 204 valence electrons. The summed E-state index contributed by atoms with van der Waals surface area (Å²) >= 11 is 3.52. The van der Waals surface area contributed by atoms with E-state index in [0.29, 0.717) is 40.4 Å². The zero-order chi connectivity index (χ0) is 28.6. The number of halogens is 1. The van der Waals surface area contributed by atoms with Gasteiger partial charge in [0, 0.05) is 15.4 Å². The third kappa shape index (κ3) is 4.88. The van der Waals surface area contributed by atoms with Crippen molar-refractivity contribution in [3.05, 3.63) is 141 Å². The molecule has 0 saturated carbocycles. The smallest absolute Gasteiger partial charge is 0.282 e. The number of aryl methyl sites for hydroxylation is 1. The van der Waals surface area contributed by atoms with E-state index in [1.54, 1.807) is 12.3 Å². The number of benzene rings is 5. The van der Waals surface area contributed by atoms with E-state index in [4.69, 9.17) is 19.2 Å². The van der Waals surface area contributed by atoms with Crippen molar-refractivity contribution in [2.24, 2.45) is 5.10 Å². The zero-order valence-electron chi connectivity index (χ0n) is 22.6. The van der Waals surface area contributed by atoms with Crippen molar-refractivity contribution in [3.8, 4) is 17.3 Å². The molecule has 0 unspecified atom stereocenters. The van der Waals surface area contributed by atoms with Crippen LogP contribution in [0.5, 0.6) is 5.75 Å². The highest BCUT2D eigenvalue weighted by atomic mass is 79.9.